The van der Waals surface area contributed by atoms with E-state index in [9.17, 15) is 9.59 Å². The Morgan fingerprint density at radius 1 is 0.585 bits per heavy atom. The minimum absolute atomic E-state index is 0.0239. The van der Waals surface area contributed by atoms with Crippen LogP contribution in [0.25, 0.3) is 0 Å². The van der Waals surface area contributed by atoms with Gasteiger partial charge in [0.25, 0.3) is 0 Å². The second-order valence-corrected chi connectivity index (χ2v) is 22.6. The van der Waals surface area contributed by atoms with Crippen LogP contribution in [-0.4, -0.2) is 38.2 Å². The van der Waals surface area contributed by atoms with Crippen molar-refractivity contribution in [2.45, 2.75) is 104 Å². The van der Waals surface area contributed by atoms with Gasteiger partial charge in [-0.2, -0.15) is 0 Å². The van der Waals surface area contributed by atoms with Gasteiger partial charge >= 0.3 is 348 Å². The summed E-state index contributed by atoms with van der Waals surface area (Å²) in [6.45, 7) is 9.88. The van der Waals surface area contributed by atoms with Crippen LogP contribution in [0.1, 0.15) is 134 Å². The Morgan fingerprint density at radius 3 is 1.37 bits per heavy atom. The molecule has 0 fully saturated rings. The number of carbonyl (C=O) groups excluding carboxylic acids is 2. The van der Waals surface area contributed by atoms with E-state index in [1.165, 1.54) is 12.1 Å². The molecule has 65 heavy (non-hydrogen) atoms. The third-order valence-electron chi connectivity index (χ3n) is 12.5. The van der Waals surface area contributed by atoms with Gasteiger partial charge in [-0.1, -0.05) is 26.7 Å². The molecule has 2 aliphatic carbocycles. The Balaban J connectivity index is 1.42. The molecule has 0 bridgehead atoms. The van der Waals surface area contributed by atoms with Crippen molar-refractivity contribution in [2.24, 2.45) is 0 Å². The predicted octanol–water partition coefficient (Wildman–Crippen LogP) is 11.5. The molecule has 344 valence electrons. The average Bonchev–Trinajstić information content (AvgIpc) is 4.07. The molecule has 2 atom stereocenters. The van der Waals surface area contributed by atoms with Gasteiger partial charge < -0.3 is 0 Å². The fraction of sp³-hybridized carbons (Fsp3) is 0.370. The van der Waals surface area contributed by atoms with Gasteiger partial charge in [0.1, 0.15) is 0 Å². The zero-order valence-electron chi connectivity index (χ0n) is 38.1. The molecule has 6 nitrogen and oxygen atoms in total. The normalized spacial score (nSPS) is 14.3. The number of rotatable bonds is 24. The maximum atomic E-state index is 18.0. The van der Waals surface area contributed by atoms with Gasteiger partial charge in [-0.05, 0) is 12.8 Å². The molecular weight excluding hydrogens is 864 g/mol. The Bertz CT molecular complexity index is 2260. The van der Waals surface area contributed by atoms with E-state index in [4.69, 9.17) is 9.47 Å². The third kappa shape index (κ3) is 11.2. The van der Waals surface area contributed by atoms with Crippen molar-refractivity contribution >= 4 is 19.6 Å². The number of unbranched alkanes of at least 4 members (excludes halogenated alkanes) is 2. The molecule has 0 aromatic heterocycles. The molecule has 4 aromatic rings. The summed E-state index contributed by atoms with van der Waals surface area (Å²) in [5.41, 5.74) is 2.43. The van der Waals surface area contributed by atoms with Crippen LogP contribution in [0.5, 0.6) is 0 Å². The molecule has 2 N–H and O–H groups in total. The Labute approximate surface area is 385 Å². The third-order valence-corrected chi connectivity index (χ3v) is 20.5. The first-order valence-electron chi connectivity index (χ1n) is 23.2. The summed E-state index contributed by atoms with van der Waals surface area (Å²) in [6, 6.07) is 17.5. The summed E-state index contributed by atoms with van der Waals surface area (Å²) < 4.78 is 82.2. The van der Waals surface area contributed by atoms with E-state index < -0.39 is 63.8 Å². The number of nitrogens with one attached hydrogen (secondary N) is 2. The number of hydrogen-bond acceptors (Lipinski definition) is 4. The number of ether oxygens (including phenoxy) is 2. The van der Waals surface area contributed by atoms with Crippen molar-refractivity contribution in [3.05, 3.63) is 174 Å². The van der Waals surface area contributed by atoms with Gasteiger partial charge in [-0.15, -0.1) is 0 Å². The van der Waals surface area contributed by atoms with Crippen LogP contribution < -0.4 is 18.4 Å². The average molecular weight is 927 g/mol. The number of benzene rings is 4. The van der Waals surface area contributed by atoms with Crippen molar-refractivity contribution < 1.29 is 53.2 Å². The molecule has 2 unspecified atom stereocenters. The van der Waals surface area contributed by atoms with E-state index in [0.29, 0.717) is 58.2 Å². The summed E-state index contributed by atoms with van der Waals surface area (Å²) >= 11 is -5.30. The van der Waals surface area contributed by atoms with E-state index >= 15 is 17.6 Å². The molecule has 0 saturated carbocycles. The topological polar surface area (TPSA) is 76.7 Å². The predicted molar refractivity (Wildman–Crippen MR) is 248 cm³/mol. The van der Waals surface area contributed by atoms with Crippen LogP contribution in [0.4, 0.5) is 17.6 Å². The summed E-state index contributed by atoms with van der Waals surface area (Å²) in [7, 11) is 0. The molecule has 2 amide bonds. The second kappa shape index (κ2) is 24.1. The van der Waals surface area contributed by atoms with Gasteiger partial charge in [0.15, 0.2) is 0 Å². The molecule has 6 rings (SSSR count). The zero-order valence-corrected chi connectivity index (χ0v) is 39.7. The molecule has 0 saturated heterocycles. The van der Waals surface area contributed by atoms with Crippen molar-refractivity contribution in [3.63, 3.8) is 0 Å². The van der Waals surface area contributed by atoms with Crippen LogP contribution in [0.3, 0.4) is 0 Å². The van der Waals surface area contributed by atoms with E-state index in [2.05, 4.69) is 24.5 Å². The molecular formula is C54H62F4N2O4Ti. The summed E-state index contributed by atoms with van der Waals surface area (Å²) in [6.07, 6.45) is 16.6. The van der Waals surface area contributed by atoms with Crippen LogP contribution in [0.15, 0.2) is 117 Å². The first-order valence-corrected chi connectivity index (χ1v) is 26.4. The molecule has 2 aliphatic rings. The number of hydrogen-bond donors (Lipinski definition) is 2. The van der Waals surface area contributed by atoms with Crippen molar-refractivity contribution in [3.8, 4) is 0 Å². The molecule has 4 aromatic carbocycles. The fourth-order valence-corrected chi connectivity index (χ4v) is 17.3. The van der Waals surface area contributed by atoms with Crippen molar-refractivity contribution in [1.29, 1.82) is 0 Å². The summed E-state index contributed by atoms with van der Waals surface area (Å²) in [5, 5.41) is 6.01. The summed E-state index contributed by atoms with van der Waals surface area (Å²) in [4.78, 5) is 28.0. The molecule has 0 radical (unpaired) electrons. The van der Waals surface area contributed by atoms with Gasteiger partial charge in [-0.3, -0.25) is 0 Å². The van der Waals surface area contributed by atoms with E-state index in [1.807, 2.05) is 36.4 Å². The number of carbonyl (C=O) groups is 2. The van der Waals surface area contributed by atoms with E-state index in [0.717, 1.165) is 48.9 Å². The van der Waals surface area contributed by atoms with Gasteiger partial charge in [-0.25, -0.2) is 0 Å². The van der Waals surface area contributed by atoms with E-state index in [-0.39, 0.29) is 44.5 Å². The Kier molecular flexibility index (Phi) is 18.3. The van der Waals surface area contributed by atoms with Gasteiger partial charge in [0.2, 0.25) is 0 Å². The Hall–Kier alpha value is -4.87. The maximum absolute atomic E-state index is 18.0. The Morgan fingerprint density at radius 2 is 1.00 bits per heavy atom. The molecule has 0 spiro atoms. The number of halogens is 4. The second-order valence-electron chi connectivity index (χ2n) is 16.7. The van der Waals surface area contributed by atoms with Crippen LogP contribution in [0.2, 0.25) is 0 Å². The molecule has 11 heteroatoms. The fourth-order valence-electron chi connectivity index (χ4n) is 9.04. The SMILES string of the molecule is CCCCOCCc1ccccc1C(=O)NC(CC)c1ccc(F)[c]([Ti]([C]2=CC=CC2)([C]2=CC=CC2)[c]2c(F)ccc(C(CC)NC(=O)c3ccccc3CCOCCCC)c2F)c1F. The number of amides is 2. The van der Waals surface area contributed by atoms with Crippen molar-refractivity contribution in [1.82, 2.24) is 10.6 Å². The standard InChI is InChI=1S/2C22H26F2NO2.2C5H5.Ti/c2*1-3-5-13-27-14-12-16-8-6-7-9-18(16)22(26)25-21(4-2)19-11-10-17(23)15-20(19)24;2*1-2-4-5-3-1;/h2*6-11,21H,3-5,12-14H2,1-2H3,(H,25,26);2*1-3H,4H2;. The summed E-state index contributed by atoms with van der Waals surface area (Å²) in [5.74, 6) is -4.55. The van der Waals surface area contributed by atoms with Crippen LogP contribution in [-0.2, 0) is 38.9 Å². The molecule has 0 heterocycles. The first-order chi connectivity index (χ1) is 31.6. The van der Waals surface area contributed by atoms with Crippen LogP contribution in [0, 0.1) is 23.3 Å². The first kappa shape index (κ1) is 49.6. The number of allylic oxidation sites excluding steroid dienone is 8. The quantitative estimate of drug-likeness (QED) is 0.0417. The van der Waals surface area contributed by atoms with Crippen molar-refractivity contribution in [2.75, 3.05) is 26.4 Å². The monoisotopic (exact) mass is 926 g/mol. The van der Waals surface area contributed by atoms with Gasteiger partial charge in [0.05, 0.1) is 0 Å². The molecule has 0 aliphatic heterocycles. The van der Waals surface area contributed by atoms with E-state index in [1.54, 1.807) is 62.4 Å². The zero-order chi connectivity index (χ0) is 46.3. The minimum atomic E-state index is -5.30. The van der Waals surface area contributed by atoms with Gasteiger partial charge in [0, 0.05) is 0 Å². The van der Waals surface area contributed by atoms with Crippen LogP contribution >= 0.6 is 0 Å².